The fraction of sp³-hybridized carbons (Fsp3) is 0.471. The summed E-state index contributed by atoms with van der Waals surface area (Å²) in [6, 6.07) is 8.31. The van der Waals surface area contributed by atoms with Crippen LogP contribution in [0.25, 0.3) is 10.9 Å². The molecule has 0 saturated carbocycles. The number of nitrogens with zero attached hydrogens (tertiary/aromatic N) is 1. The van der Waals surface area contributed by atoms with Gasteiger partial charge in [-0.25, -0.2) is 0 Å². The van der Waals surface area contributed by atoms with Crippen LogP contribution in [0, 0.1) is 0 Å². The first-order valence-corrected chi connectivity index (χ1v) is 7.73. The van der Waals surface area contributed by atoms with E-state index in [0.717, 1.165) is 42.3 Å². The summed E-state index contributed by atoms with van der Waals surface area (Å²) < 4.78 is 1.92. The number of hydrogen-bond acceptors (Lipinski definition) is 3. The maximum absolute atomic E-state index is 12.6. The van der Waals surface area contributed by atoms with Gasteiger partial charge in [-0.15, -0.1) is 0 Å². The Bertz CT molecular complexity index is 702. The zero-order chi connectivity index (χ0) is 14.8. The number of aryl methyl sites for hydroxylation is 2. The van der Waals surface area contributed by atoms with E-state index in [4.69, 9.17) is 0 Å². The zero-order valence-electron chi connectivity index (χ0n) is 12.4. The highest BCUT2D eigenvalue weighted by atomic mass is 16.3. The van der Waals surface area contributed by atoms with Crippen LogP contribution in [0.4, 0.5) is 0 Å². The van der Waals surface area contributed by atoms with Gasteiger partial charge in [0.2, 0.25) is 0 Å². The van der Waals surface area contributed by atoms with Gasteiger partial charge in [0.05, 0.1) is 12.1 Å². The molecule has 0 bridgehead atoms. The second-order valence-electron chi connectivity index (χ2n) is 5.75. The Morgan fingerprint density at radius 3 is 3.05 bits per heavy atom. The lowest BCUT2D eigenvalue weighted by molar-refractivity contribution is 0.238. The molecule has 0 spiro atoms. The summed E-state index contributed by atoms with van der Waals surface area (Å²) in [7, 11) is 0. The fourth-order valence-electron chi connectivity index (χ4n) is 3.14. The van der Waals surface area contributed by atoms with Gasteiger partial charge in [0.15, 0.2) is 0 Å². The van der Waals surface area contributed by atoms with Crippen LogP contribution in [0.1, 0.15) is 30.9 Å². The van der Waals surface area contributed by atoms with Gasteiger partial charge in [-0.2, -0.15) is 0 Å². The highest BCUT2D eigenvalue weighted by molar-refractivity contribution is 5.83. The number of hydrogen-bond donors (Lipinski definition) is 2. The van der Waals surface area contributed by atoms with Gasteiger partial charge in [0.25, 0.3) is 5.56 Å². The van der Waals surface area contributed by atoms with Gasteiger partial charge in [-0.1, -0.05) is 25.1 Å². The Kier molecular flexibility index (Phi) is 4.08. The third kappa shape index (κ3) is 2.61. The number of pyridine rings is 1. The molecular weight excluding hydrogens is 264 g/mol. The third-order valence-corrected chi connectivity index (χ3v) is 4.39. The van der Waals surface area contributed by atoms with E-state index in [1.807, 2.05) is 17.6 Å². The first kappa shape index (κ1) is 14.3. The lowest BCUT2D eigenvalue weighted by Crippen LogP contribution is -2.35. The molecule has 0 aliphatic carbocycles. The van der Waals surface area contributed by atoms with E-state index in [1.54, 1.807) is 0 Å². The minimum Gasteiger partial charge on any atom is -0.395 e. The quantitative estimate of drug-likeness (QED) is 0.881. The van der Waals surface area contributed by atoms with Crippen molar-refractivity contribution in [2.45, 2.75) is 45.3 Å². The van der Waals surface area contributed by atoms with Crippen LogP contribution in [0.3, 0.4) is 0 Å². The second-order valence-corrected chi connectivity index (χ2v) is 5.75. The van der Waals surface area contributed by atoms with Crippen LogP contribution in [-0.4, -0.2) is 22.3 Å². The van der Waals surface area contributed by atoms with Crippen LogP contribution in [-0.2, 0) is 19.5 Å². The molecule has 0 saturated heterocycles. The van der Waals surface area contributed by atoms with Gasteiger partial charge >= 0.3 is 0 Å². The lowest BCUT2D eigenvalue weighted by Gasteiger charge is -2.21. The molecule has 1 aliphatic heterocycles. The Morgan fingerprint density at radius 1 is 1.43 bits per heavy atom. The molecule has 2 aromatic rings. The van der Waals surface area contributed by atoms with Gasteiger partial charge in [0.1, 0.15) is 0 Å². The Labute approximate surface area is 124 Å². The van der Waals surface area contributed by atoms with E-state index in [1.165, 1.54) is 5.56 Å². The van der Waals surface area contributed by atoms with E-state index in [-0.39, 0.29) is 18.2 Å². The predicted molar refractivity (Wildman–Crippen MR) is 84.5 cm³/mol. The maximum atomic E-state index is 12.6. The summed E-state index contributed by atoms with van der Waals surface area (Å²) in [5.41, 5.74) is 3.27. The minimum absolute atomic E-state index is 0.0489. The molecule has 2 N–H and O–H groups in total. The van der Waals surface area contributed by atoms with Crippen molar-refractivity contribution in [3.05, 3.63) is 45.7 Å². The van der Waals surface area contributed by atoms with E-state index in [9.17, 15) is 9.90 Å². The number of aliphatic hydroxyl groups is 1. The van der Waals surface area contributed by atoms with E-state index >= 15 is 0 Å². The molecule has 4 heteroatoms. The number of nitrogens with one attached hydrogen (secondary N) is 1. The molecule has 1 aromatic carbocycles. The van der Waals surface area contributed by atoms with Crippen molar-refractivity contribution >= 4 is 10.9 Å². The van der Waals surface area contributed by atoms with Crippen LogP contribution in [0.15, 0.2) is 29.1 Å². The Morgan fingerprint density at radius 2 is 2.29 bits per heavy atom. The zero-order valence-corrected chi connectivity index (χ0v) is 12.4. The van der Waals surface area contributed by atoms with Crippen molar-refractivity contribution in [3.8, 4) is 0 Å². The van der Waals surface area contributed by atoms with E-state index < -0.39 is 0 Å². The molecule has 3 rings (SSSR count). The number of aromatic nitrogens is 1. The first-order valence-electron chi connectivity index (χ1n) is 7.73. The monoisotopic (exact) mass is 286 g/mol. The Hall–Kier alpha value is -1.65. The molecule has 4 nitrogen and oxygen atoms in total. The average molecular weight is 286 g/mol. The summed E-state index contributed by atoms with van der Waals surface area (Å²) in [5.74, 6) is 0. The summed E-state index contributed by atoms with van der Waals surface area (Å²) in [5, 5.41) is 13.6. The molecule has 0 radical (unpaired) electrons. The van der Waals surface area contributed by atoms with E-state index in [2.05, 4.69) is 23.5 Å². The highest BCUT2D eigenvalue weighted by Crippen LogP contribution is 2.23. The predicted octanol–water partition coefficient (Wildman–Crippen LogP) is 1.81. The standard InChI is InChI=1S/C17H22N2O2/c1-2-15(11-20)18-10-14-9-13-6-3-5-12-7-4-8-19(16(12)13)17(14)21/h3,5-6,9,15,18,20H,2,4,7-8,10-11H2,1H3/t15-/m0/s1. The number of aliphatic hydroxyl groups excluding tert-OH is 1. The summed E-state index contributed by atoms with van der Waals surface area (Å²) >= 11 is 0. The SMILES string of the molecule is CC[C@@H](CO)NCc1cc2cccc3c2n(c1=O)CCC3. The largest absolute Gasteiger partial charge is 0.395 e. The Balaban J connectivity index is 2.01. The molecule has 0 unspecified atom stereocenters. The molecule has 2 heterocycles. The van der Waals surface area contributed by atoms with Crippen LogP contribution in [0.5, 0.6) is 0 Å². The number of rotatable bonds is 5. The molecule has 112 valence electrons. The van der Waals surface area contributed by atoms with Crippen molar-refractivity contribution in [1.82, 2.24) is 9.88 Å². The summed E-state index contributed by atoms with van der Waals surface area (Å²) in [4.78, 5) is 12.6. The van der Waals surface area contributed by atoms with E-state index in [0.29, 0.717) is 6.54 Å². The molecule has 1 aromatic heterocycles. The topological polar surface area (TPSA) is 54.3 Å². The van der Waals surface area contributed by atoms with Crippen molar-refractivity contribution < 1.29 is 5.11 Å². The fourth-order valence-corrected chi connectivity index (χ4v) is 3.14. The third-order valence-electron chi connectivity index (χ3n) is 4.39. The molecule has 0 amide bonds. The van der Waals surface area contributed by atoms with Crippen molar-refractivity contribution in [3.63, 3.8) is 0 Å². The molecule has 0 fully saturated rings. The van der Waals surface area contributed by atoms with Crippen molar-refractivity contribution in [2.24, 2.45) is 0 Å². The van der Waals surface area contributed by atoms with Gasteiger partial charge in [0, 0.05) is 24.7 Å². The maximum Gasteiger partial charge on any atom is 0.255 e. The molecule has 1 aliphatic rings. The highest BCUT2D eigenvalue weighted by Gasteiger charge is 2.16. The first-order chi connectivity index (χ1) is 10.2. The average Bonchev–Trinajstić information content (AvgIpc) is 2.52. The lowest BCUT2D eigenvalue weighted by atomic mass is 10.00. The summed E-state index contributed by atoms with van der Waals surface area (Å²) in [6.07, 6.45) is 2.93. The van der Waals surface area contributed by atoms with Gasteiger partial charge in [-0.3, -0.25) is 4.79 Å². The molecule has 1 atom stereocenters. The van der Waals surface area contributed by atoms with Gasteiger partial charge < -0.3 is 15.0 Å². The molecular formula is C17H22N2O2. The van der Waals surface area contributed by atoms with Crippen molar-refractivity contribution in [1.29, 1.82) is 0 Å². The number of benzene rings is 1. The molecule has 21 heavy (non-hydrogen) atoms. The number of para-hydroxylation sites is 1. The van der Waals surface area contributed by atoms with Crippen molar-refractivity contribution in [2.75, 3.05) is 6.61 Å². The minimum atomic E-state index is 0.0489. The van der Waals surface area contributed by atoms with Crippen LogP contribution >= 0.6 is 0 Å². The second kappa shape index (κ2) is 6.00. The van der Waals surface area contributed by atoms with Crippen LogP contribution < -0.4 is 10.9 Å². The normalized spacial score (nSPS) is 15.3. The smallest absolute Gasteiger partial charge is 0.255 e. The van der Waals surface area contributed by atoms with Crippen LogP contribution in [0.2, 0.25) is 0 Å². The van der Waals surface area contributed by atoms with Gasteiger partial charge in [-0.05, 0) is 36.3 Å². The summed E-state index contributed by atoms with van der Waals surface area (Å²) in [6.45, 7) is 3.44.